The zero-order valence-corrected chi connectivity index (χ0v) is 23.7. The van der Waals surface area contributed by atoms with Crippen molar-refractivity contribution in [2.45, 2.75) is 70.9 Å². The normalized spacial score (nSPS) is 17.5. The Hall–Kier alpha value is -4.36. The summed E-state index contributed by atoms with van der Waals surface area (Å²) in [5, 5.41) is 19.9. The lowest BCUT2D eigenvalue weighted by Crippen LogP contribution is -2.54. The molecule has 1 saturated heterocycles. The van der Waals surface area contributed by atoms with Crippen LogP contribution in [-0.4, -0.2) is 72.1 Å². The highest BCUT2D eigenvalue weighted by Crippen LogP contribution is 2.37. The number of amides is 2. The van der Waals surface area contributed by atoms with Crippen molar-refractivity contribution in [3.63, 3.8) is 0 Å². The van der Waals surface area contributed by atoms with Gasteiger partial charge >= 0.3 is 18.4 Å². The molecule has 3 aromatic rings. The molecule has 1 fully saturated rings. The number of carbonyl (C=O) groups excluding carboxylic acids is 1. The zero-order chi connectivity index (χ0) is 30.7. The lowest BCUT2D eigenvalue weighted by atomic mass is 9.89. The van der Waals surface area contributed by atoms with Crippen molar-refractivity contribution in [3.05, 3.63) is 65.5 Å². The number of rotatable bonds is 7. The van der Waals surface area contributed by atoms with Crippen LogP contribution in [0.25, 0.3) is 5.69 Å². The van der Waals surface area contributed by atoms with Crippen molar-refractivity contribution in [2.75, 3.05) is 13.2 Å². The van der Waals surface area contributed by atoms with Crippen LogP contribution in [-0.2, 0) is 17.5 Å². The molecule has 2 amide bonds. The third-order valence-electron chi connectivity index (χ3n) is 6.67. The van der Waals surface area contributed by atoms with Crippen LogP contribution in [0, 0.1) is 0 Å². The van der Waals surface area contributed by atoms with E-state index < -0.39 is 41.9 Å². The van der Waals surface area contributed by atoms with Gasteiger partial charge in [-0.25, -0.2) is 9.59 Å². The molecule has 1 aliphatic heterocycles. The molecule has 0 bridgehead atoms. The van der Waals surface area contributed by atoms with Crippen molar-refractivity contribution in [2.24, 2.45) is 0 Å². The van der Waals surface area contributed by atoms with Gasteiger partial charge in [0.2, 0.25) is 0 Å². The minimum atomic E-state index is -4.81. The molecule has 2 atom stereocenters. The Morgan fingerprint density at radius 2 is 1.83 bits per heavy atom. The summed E-state index contributed by atoms with van der Waals surface area (Å²) < 4.78 is 52.9. The summed E-state index contributed by atoms with van der Waals surface area (Å²) in [6.45, 7) is 7.26. The molecule has 0 aliphatic carbocycles. The Kier molecular flexibility index (Phi) is 8.92. The lowest BCUT2D eigenvalue weighted by molar-refractivity contribution is -0.146. The van der Waals surface area contributed by atoms with Gasteiger partial charge in [0.1, 0.15) is 11.4 Å². The molecule has 2 heterocycles. The summed E-state index contributed by atoms with van der Waals surface area (Å²) in [5.41, 5.74) is 0.186. The van der Waals surface area contributed by atoms with Crippen molar-refractivity contribution >= 4 is 12.2 Å². The van der Waals surface area contributed by atoms with Crippen LogP contribution in [0.5, 0.6) is 5.75 Å². The van der Waals surface area contributed by atoms with Crippen molar-refractivity contribution in [1.82, 2.24) is 30.0 Å². The van der Waals surface area contributed by atoms with Crippen LogP contribution in [0.2, 0.25) is 0 Å². The largest absolute Gasteiger partial charge is 0.494 e. The Morgan fingerprint density at radius 1 is 1.12 bits per heavy atom. The van der Waals surface area contributed by atoms with Gasteiger partial charge in [0.25, 0.3) is 5.82 Å². The number of piperidine rings is 1. The fourth-order valence-corrected chi connectivity index (χ4v) is 5.05. The number of hydrogen-bond donors (Lipinski definition) is 1. The Balaban J connectivity index is 1.83. The number of hydrogen-bond acceptors (Lipinski definition) is 7. The van der Waals surface area contributed by atoms with Gasteiger partial charge < -0.3 is 14.6 Å². The molecule has 0 unspecified atom stereocenters. The molecule has 1 aromatic heterocycles. The van der Waals surface area contributed by atoms with Gasteiger partial charge in [-0.15, -0.1) is 5.10 Å². The summed E-state index contributed by atoms with van der Waals surface area (Å²) in [7, 11) is 0. The van der Waals surface area contributed by atoms with Crippen LogP contribution < -0.4 is 4.74 Å². The van der Waals surface area contributed by atoms with E-state index in [-0.39, 0.29) is 25.4 Å². The molecule has 14 heteroatoms. The third kappa shape index (κ3) is 6.92. The number of likely N-dealkylation sites (tertiary alicyclic amines) is 1. The number of nitrogens with zero attached hydrogens (tertiary/aromatic N) is 6. The summed E-state index contributed by atoms with van der Waals surface area (Å²) in [4.78, 5) is 28.9. The highest BCUT2D eigenvalue weighted by molar-refractivity contribution is 5.70. The molecule has 2 aromatic carbocycles. The molecule has 4 rings (SSSR count). The van der Waals surface area contributed by atoms with Gasteiger partial charge in [0, 0.05) is 12.1 Å². The highest BCUT2D eigenvalue weighted by Gasteiger charge is 2.42. The predicted molar refractivity (Wildman–Crippen MR) is 144 cm³/mol. The van der Waals surface area contributed by atoms with E-state index in [1.807, 2.05) is 6.07 Å². The number of ether oxygens (including phenoxy) is 2. The Morgan fingerprint density at radius 3 is 2.45 bits per heavy atom. The monoisotopic (exact) mass is 590 g/mol. The zero-order valence-electron chi connectivity index (χ0n) is 23.7. The van der Waals surface area contributed by atoms with Crippen molar-refractivity contribution in [3.8, 4) is 11.4 Å². The van der Waals surface area contributed by atoms with Crippen LogP contribution >= 0.6 is 0 Å². The maximum atomic E-state index is 13.8. The third-order valence-corrected chi connectivity index (χ3v) is 6.67. The second kappa shape index (κ2) is 12.2. The van der Waals surface area contributed by atoms with E-state index in [1.165, 1.54) is 28.0 Å². The van der Waals surface area contributed by atoms with Gasteiger partial charge in [0.05, 0.1) is 30.9 Å². The number of carboxylic acid groups (broad SMARTS) is 1. The first-order chi connectivity index (χ1) is 19.8. The number of benzene rings is 2. The number of halogens is 3. The van der Waals surface area contributed by atoms with Crippen LogP contribution in [0.15, 0.2) is 48.5 Å². The van der Waals surface area contributed by atoms with Gasteiger partial charge in [-0.2, -0.15) is 17.9 Å². The molecule has 1 aliphatic rings. The summed E-state index contributed by atoms with van der Waals surface area (Å²) >= 11 is 0. The number of aromatic nitrogens is 4. The average Bonchev–Trinajstić information content (AvgIpc) is 3.43. The first kappa shape index (κ1) is 30.6. The number of carbonyl (C=O) groups is 2. The van der Waals surface area contributed by atoms with E-state index in [0.717, 1.165) is 0 Å². The molecule has 0 saturated carbocycles. The fourth-order valence-electron chi connectivity index (χ4n) is 5.05. The quantitative estimate of drug-likeness (QED) is 0.372. The highest BCUT2D eigenvalue weighted by atomic mass is 19.4. The minimum absolute atomic E-state index is 0.00494. The maximum absolute atomic E-state index is 13.8. The van der Waals surface area contributed by atoms with E-state index in [9.17, 15) is 27.9 Å². The molecular weight excluding hydrogens is 557 g/mol. The van der Waals surface area contributed by atoms with E-state index in [4.69, 9.17) is 9.47 Å². The Labute approximate surface area is 240 Å². The summed E-state index contributed by atoms with van der Waals surface area (Å²) in [6, 6.07) is 11.9. The smallest absolute Gasteiger partial charge is 0.453 e. The Bertz CT molecular complexity index is 1390. The topological polar surface area (TPSA) is 123 Å². The molecule has 0 spiro atoms. The second-order valence-corrected chi connectivity index (χ2v) is 10.8. The standard InChI is InChI=1S/C28H33F3N6O5/c1-5-41-22-14-13-20(37-24(28(29,30)31)32-33-34-37)16-19(22)17-36(26(40)42-27(2,3)4)21-12-9-15-35(25(38)39)23(21)18-10-7-6-8-11-18/h6-8,10-11,13-14,16,21,23H,5,9,12,15,17H2,1-4H3,(H,38,39)/t21-,23-/m0/s1. The van der Waals surface area contributed by atoms with Crippen LogP contribution in [0.3, 0.4) is 0 Å². The van der Waals surface area contributed by atoms with E-state index in [1.54, 1.807) is 52.0 Å². The molecular formula is C28H33F3N6O5. The predicted octanol–water partition coefficient (Wildman–Crippen LogP) is 5.70. The maximum Gasteiger partial charge on any atom is 0.453 e. The lowest BCUT2D eigenvalue weighted by Gasteiger charge is -2.45. The fraction of sp³-hybridized carbons (Fsp3) is 0.464. The van der Waals surface area contributed by atoms with Crippen molar-refractivity contribution in [1.29, 1.82) is 0 Å². The molecule has 42 heavy (non-hydrogen) atoms. The van der Waals surface area contributed by atoms with Crippen LogP contribution in [0.1, 0.15) is 63.5 Å². The van der Waals surface area contributed by atoms with Crippen LogP contribution in [0.4, 0.5) is 22.8 Å². The van der Waals surface area contributed by atoms with Gasteiger partial charge in [-0.3, -0.25) is 9.80 Å². The molecule has 1 N–H and O–H groups in total. The second-order valence-electron chi connectivity index (χ2n) is 10.8. The number of tetrazole rings is 1. The molecule has 226 valence electrons. The van der Waals surface area contributed by atoms with Gasteiger partial charge in [-0.05, 0) is 74.7 Å². The average molecular weight is 591 g/mol. The first-order valence-corrected chi connectivity index (χ1v) is 13.5. The number of alkyl halides is 3. The minimum Gasteiger partial charge on any atom is -0.494 e. The SMILES string of the molecule is CCOc1ccc(-n2nnnc2C(F)(F)F)cc1CN(C(=O)OC(C)(C)C)[C@H]1CCCN(C(=O)O)[C@H]1c1ccccc1. The summed E-state index contributed by atoms with van der Waals surface area (Å²) in [6.07, 6.45) is -5.70. The van der Waals surface area contributed by atoms with Gasteiger partial charge in [0.15, 0.2) is 0 Å². The first-order valence-electron chi connectivity index (χ1n) is 13.5. The van der Waals surface area contributed by atoms with E-state index in [0.29, 0.717) is 34.4 Å². The van der Waals surface area contributed by atoms with Gasteiger partial charge in [-0.1, -0.05) is 30.3 Å². The van der Waals surface area contributed by atoms with E-state index in [2.05, 4.69) is 15.5 Å². The molecule has 0 radical (unpaired) electrons. The summed E-state index contributed by atoms with van der Waals surface area (Å²) in [5.74, 6) is -0.978. The van der Waals surface area contributed by atoms with E-state index >= 15 is 0 Å². The molecule has 11 nitrogen and oxygen atoms in total. The van der Waals surface area contributed by atoms with Crippen molar-refractivity contribution < 1.29 is 37.3 Å².